The molecule has 1 rings (SSSR count). The van der Waals surface area contributed by atoms with Crippen molar-refractivity contribution < 1.29 is 27.9 Å². The van der Waals surface area contributed by atoms with E-state index in [9.17, 15) is 22.8 Å². The highest BCUT2D eigenvalue weighted by atomic mass is 19.4. The number of carbonyl (C=O) groups is 2. The summed E-state index contributed by atoms with van der Waals surface area (Å²) in [5.41, 5.74) is 0. The summed E-state index contributed by atoms with van der Waals surface area (Å²) in [5.74, 6) is -3.17. The number of likely N-dealkylation sites (tertiary alicyclic amines) is 1. The maximum absolute atomic E-state index is 12.4. The van der Waals surface area contributed by atoms with Gasteiger partial charge in [0.2, 0.25) is 5.91 Å². The zero-order valence-electron chi connectivity index (χ0n) is 7.91. The van der Waals surface area contributed by atoms with Gasteiger partial charge in [0.15, 0.2) is 0 Å². The summed E-state index contributed by atoms with van der Waals surface area (Å²) in [6, 6.07) is -1.96. The summed E-state index contributed by atoms with van der Waals surface area (Å²) in [7, 11) is 0. The van der Waals surface area contributed by atoms with Crippen LogP contribution in [0.2, 0.25) is 0 Å². The van der Waals surface area contributed by atoms with Crippen molar-refractivity contribution in [2.75, 3.05) is 6.54 Å². The van der Waals surface area contributed by atoms with Crippen molar-refractivity contribution in [1.82, 2.24) is 4.90 Å². The molecule has 1 saturated heterocycles. The average molecular weight is 225 g/mol. The highest BCUT2D eigenvalue weighted by Crippen LogP contribution is 2.35. The molecule has 86 valence electrons. The summed E-state index contributed by atoms with van der Waals surface area (Å²) in [4.78, 5) is 22.0. The second-order valence-electron chi connectivity index (χ2n) is 3.50. The normalized spacial score (nSPS) is 26.8. The monoisotopic (exact) mass is 225 g/mol. The van der Waals surface area contributed by atoms with Gasteiger partial charge in [-0.1, -0.05) is 0 Å². The van der Waals surface area contributed by atoms with Gasteiger partial charge >= 0.3 is 12.1 Å². The Kier molecular flexibility index (Phi) is 2.92. The summed E-state index contributed by atoms with van der Waals surface area (Å²) in [5, 5.41) is 8.59. The standard InChI is InChI=1S/C8H10F3NO3/c1-4(13)12-3-5(7(14)15)2-6(12)8(9,10)11/h5-6H,2-3H2,1H3,(H,14,15)/t5-,6-/m1/s1. The van der Waals surface area contributed by atoms with Crippen molar-refractivity contribution >= 4 is 11.9 Å². The predicted molar refractivity (Wildman–Crippen MR) is 43.0 cm³/mol. The Morgan fingerprint density at radius 3 is 2.20 bits per heavy atom. The first-order valence-electron chi connectivity index (χ1n) is 4.30. The third kappa shape index (κ3) is 2.40. The number of hydrogen-bond acceptors (Lipinski definition) is 2. The molecule has 1 fully saturated rings. The molecule has 4 nitrogen and oxygen atoms in total. The van der Waals surface area contributed by atoms with Gasteiger partial charge < -0.3 is 10.0 Å². The van der Waals surface area contributed by atoms with Gasteiger partial charge in [-0.3, -0.25) is 9.59 Å². The number of rotatable bonds is 1. The number of carboxylic acids is 1. The Balaban J connectivity index is 2.86. The maximum atomic E-state index is 12.4. The van der Waals surface area contributed by atoms with Crippen LogP contribution in [0.5, 0.6) is 0 Å². The minimum atomic E-state index is -4.56. The molecule has 15 heavy (non-hydrogen) atoms. The van der Waals surface area contributed by atoms with E-state index in [0.29, 0.717) is 4.90 Å². The van der Waals surface area contributed by atoms with Crippen LogP contribution >= 0.6 is 0 Å². The Morgan fingerprint density at radius 2 is 1.93 bits per heavy atom. The minimum absolute atomic E-state index is 0.366. The van der Waals surface area contributed by atoms with E-state index >= 15 is 0 Å². The van der Waals surface area contributed by atoms with E-state index in [2.05, 4.69) is 0 Å². The predicted octanol–water partition coefficient (Wildman–Crippen LogP) is 0.870. The van der Waals surface area contributed by atoms with Crippen molar-refractivity contribution in [3.8, 4) is 0 Å². The van der Waals surface area contributed by atoms with E-state index < -0.39 is 36.4 Å². The smallest absolute Gasteiger partial charge is 0.408 e. The van der Waals surface area contributed by atoms with Crippen LogP contribution in [0, 0.1) is 5.92 Å². The quantitative estimate of drug-likeness (QED) is 0.720. The van der Waals surface area contributed by atoms with Gasteiger partial charge in [0, 0.05) is 13.5 Å². The zero-order chi connectivity index (χ0) is 11.8. The first kappa shape index (κ1) is 11.8. The lowest BCUT2D eigenvalue weighted by atomic mass is 10.1. The number of hydrogen-bond donors (Lipinski definition) is 1. The van der Waals surface area contributed by atoms with Gasteiger partial charge in [0.05, 0.1) is 5.92 Å². The van der Waals surface area contributed by atoms with Crippen LogP contribution in [0.15, 0.2) is 0 Å². The van der Waals surface area contributed by atoms with Crippen LogP contribution in [0.4, 0.5) is 13.2 Å². The summed E-state index contributed by atoms with van der Waals surface area (Å²) >= 11 is 0. The molecule has 0 aromatic carbocycles. The molecule has 0 spiro atoms. The van der Waals surface area contributed by atoms with Gasteiger partial charge in [-0.05, 0) is 6.42 Å². The fourth-order valence-electron chi connectivity index (χ4n) is 1.67. The number of amides is 1. The fraction of sp³-hybridized carbons (Fsp3) is 0.750. The zero-order valence-corrected chi connectivity index (χ0v) is 7.91. The van der Waals surface area contributed by atoms with Gasteiger partial charge in [0.25, 0.3) is 0 Å². The number of carbonyl (C=O) groups excluding carboxylic acids is 1. The van der Waals surface area contributed by atoms with E-state index in [1.165, 1.54) is 0 Å². The molecule has 0 bridgehead atoms. The number of nitrogens with zero attached hydrogens (tertiary/aromatic N) is 1. The first-order chi connectivity index (χ1) is 6.73. The van der Waals surface area contributed by atoms with Crippen molar-refractivity contribution in [3.05, 3.63) is 0 Å². The lowest BCUT2D eigenvalue weighted by Crippen LogP contribution is -2.43. The van der Waals surface area contributed by atoms with Crippen LogP contribution in [0.25, 0.3) is 0 Å². The first-order valence-corrected chi connectivity index (χ1v) is 4.30. The van der Waals surface area contributed by atoms with Gasteiger partial charge in [-0.2, -0.15) is 13.2 Å². The molecule has 0 aromatic rings. The molecular weight excluding hydrogens is 215 g/mol. The second kappa shape index (κ2) is 3.71. The molecule has 1 heterocycles. The number of alkyl halides is 3. The van der Waals surface area contributed by atoms with Crippen LogP contribution in [-0.4, -0.2) is 40.6 Å². The highest BCUT2D eigenvalue weighted by Gasteiger charge is 2.51. The molecule has 0 unspecified atom stereocenters. The molecule has 1 N–H and O–H groups in total. The van der Waals surface area contributed by atoms with Crippen LogP contribution in [0.1, 0.15) is 13.3 Å². The van der Waals surface area contributed by atoms with Crippen molar-refractivity contribution in [2.24, 2.45) is 5.92 Å². The van der Waals surface area contributed by atoms with Gasteiger partial charge in [-0.25, -0.2) is 0 Å². The average Bonchev–Trinajstić information content (AvgIpc) is 2.45. The molecule has 0 saturated carbocycles. The fourth-order valence-corrected chi connectivity index (χ4v) is 1.67. The van der Waals surface area contributed by atoms with Crippen LogP contribution < -0.4 is 0 Å². The lowest BCUT2D eigenvalue weighted by molar-refractivity contribution is -0.181. The Bertz CT molecular complexity index is 289. The van der Waals surface area contributed by atoms with Crippen LogP contribution in [-0.2, 0) is 9.59 Å². The van der Waals surface area contributed by atoms with E-state index in [1.807, 2.05) is 0 Å². The molecule has 0 aromatic heterocycles. The summed E-state index contributed by atoms with van der Waals surface area (Å²) in [6.45, 7) is 0.637. The maximum Gasteiger partial charge on any atom is 0.408 e. The summed E-state index contributed by atoms with van der Waals surface area (Å²) < 4.78 is 37.3. The van der Waals surface area contributed by atoms with Crippen molar-refractivity contribution in [2.45, 2.75) is 25.6 Å². The molecule has 0 aliphatic carbocycles. The third-order valence-corrected chi connectivity index (χ3v) is 2.43. The SMILES string of the molecule is CC(=O)N1C[C@H](C(=O)O)C[C@@H]1C(F)(F)F. The molecule has 7 heteroatoms. The Labute approximate surface area is 83.7 Å². The van der Waals surface area contributed by atoms with E-state index in [-0.39, 0.29) is 6.54 Å². The van der Waals surface area contributed by atoms with E-state index in [4.69, 9.17) is 5.11 Å². The molecule has 1 amide bonds. The van der Waals surface area contributed by atoms with Crippen molar-refractivity contribution in [1.29, 1.82) is 0 Å². The van der Waals surface area contributed by atoms with E-state index in [1.54, 1.807) is 0 Å². The Morgan fingerprint density at radius 1 is 1.40 bits per heavy atom. The molecule has 2 atom stereocenters. The van der Waals surface area contributed by atoms with Crippen LogP contribution in [0.3, 0.4) is 0 Å². The molecular formula is C8H10F3NO3. The van der Waals surface area contributed by atoms with Gasteiger partial charge in [0.1, 0.15) is 6.04 Å². The van der Waals surface area contributed by atoms with E-state index in [0.717, 1.165) is 6.92 Å². The van der Waals surface area contributed by atoms with Crippen molar-refractivity contribution in [3.63, 3.8) is 0 Å². The number of aliphatic carboxylic acids is 1. The highest BCUT2D eigenvalue weighted by molar-refractivity contribution is 5.77. The third-order valence-electron chi connectivity index (χ3n) is 2.43. The molecule has 1 aliphatic heterocycles. The number of halogens is 3. The Hall–Kier alpha value is -1.27. The largest absolute Gasteiger partial charge is 0.481 e. The molecule has 1 aliphatic rings. The topological polar surface area (TPSA) is 57.6 Å². The van der Waals surface area contributed by atoms with Gasteiger partial charge in [-0.15, -0.1) is 0 Å². The lowest BCUT2D eigenvalue weighted by Gasteiger charge is -2.24. The number of carboxylic acid groups (broad SMARTS) is 1. The second-order valence-corrected chi connectivity index (χ2v) is 3.50. The summed E-state index contributed by atoms with van der Waals surface area (Å²) in [6.07, 6.45) is -5.12. The molecule has 0 radical (unpaired) electrons. The minimum Gasteiger partial charge on any atom is -0.481 e.